The van der Waals surface area contributed by atoms with Gasteiger partial charge in [-0.1, -0.05) is 26.8 Å². The topological polar surface area (TPSA) is 15.3 Å². The Bertz CT molecular complexity index is 372. The van der Waals surface area contributed by atoms with E-state index in [9.17, 15) is 0 Å². The van der Waals surface area contributed by atoms with Crippen LogP contribution >= 0.6 is 11.3 Å². The lowest BCUT2D eigenvalue weighted by Crippen LogP contribution is -2.39. The summed E-state index contributed by atoms with van der Waals surface area (Å²) in [6, 6.07) is 5.13. The molecule has 2 nitrogen and oxygen atoms in total. The zero-order valence-electron chi connectivity index (χ0n) is 13.3. The summed E-state index contributed by atoms with van der Waals surface area (Å²) in [5.41, 5.74) is 0.254. The van der Waals surface area contributed by atoms with Crippen molar-refractivity contribution in [2.75, 3.05) is 26.2 Å². The normalized spacial score (nSPS) is 21.9. The molecule has 1 unspecified atom stereocenters. The molecule has 1 aromatic rings. The molecule has 1 aliphatic heterocycles. The third-order valence-electron chi connectivity index (χ3n) is 4.38. The fourth-order valence-electron chi connectivity index (χ4n) is 3.05. The molecular formula is C17H30N2S. The van der Waals surface area contributed by atoms with Gasteiger partial charge in [0.25, 0.3) is 0 Å². The molecule has 0 amide bonds. The van der Waals surface area contributed by atoms with E-state index in [-0.39, 0.29) is 5.41 Å². The molecule has 2 heterocycles. The molecule has 1 fully saturated rings. The molecule has 1 aliphatic rings. The number of hydrogen-bond acceptors (Lipinski definition) is 3. The zero-order chi connectivity index (χ0) is 14.4. The largest absolute Gasteiger partial charge is 0.313 e. The van der Waals surface area contributed by atoms with Crippen molar-refractivity contribution in [2.24, 2.45) is 0 Å². The predicted octanol–water partition coefficient (Wildman–Crippen LogP) is 3.88. The number of rotatable bonds is 6. The smallest absolute Gasteiger partial charge is 0.0115 e. The Morgan fingerprint density at radius 1 is 1.35 bits per heavy atom. The maximum absolute atomic E-state index is 3.83. The van der Waals surface area contributed by atoms with E-state index in [0.717, 1.165) is 6.54 Å². The van der Waals surface area contributed by atoms with Gasteiger partial charge >= 0.3 is 0 Å². The Balaban J connectivity index is 1.79. The van der Waals surface area contributed by atoms with E-state index >= 15 is 0 Å². The third-order valence-corrected chi connectivity index (χ3v) is 5.62. The summed E-state index contributed by atoms with van der Waals surface area (Å²) in [5.74, 6) is 0. The van der Waals surface area contributed by atoms with Crippen LogP contribution in [0.5, 0.6) is 0 Å². The second-order valence-electron chi connectivity index (χ2n) is 6.71. The van der Waals surface area contributed by atoms with Crippen molar-refractivity contribution in [1.29, 1.82) is 0 Å². The Labute approximate surface area is 128 Å². The van der Waals surface area contributed by atoms with Crippen LogP contribution in [0.15, 0.2) is 17.5 Å². The lowest BCUT2D eigenvalue weighted by atomic mass is 9.91. The monoisotopic (exact) mass is 294 g/mol. The molecule has 0 radical (unpaired) electrons. The minimum atomic E-state index is 0.254. The first-order valence-corrected chi connectivity index (χ1v) is 8.99. The van der Waals surface area contributed by atoms with Gasteiger partial charge < -0.3 is 10.2 Å². The number of thiophene rings is 1. The Kier molecular flexibility index (Phi) is 6.06. The Hall–Kier alpha value is -0.380. The summed E-state index contributed by atoms with van der Waals surface area (Å²) in [6.45, 7) is 11.9. The summed E-state index contributed by atoms with van der Waals surface area (Å²) in [5, 5.41) is 6.02. The highest BCUT2D eigenvalue weighted by molar-refractivity contribution is 7.10. The lowest BCUT2D eigenvalue weighted by Gasteiger charge is -2.27. The van der Waals surface area contributed by atoms with Crippen molar-refractivity contribution in [1.82, 2.24) is 10.2 Å². The zero-order valence-corrected chi connectivity index (χ0v) is 14.1. The molecule has 0 aromatic carbocycles. The van der Waals surface area contributed by atoms with Crippen LogP contribution in [0.1, 0.15) is 51.3 Å². The maximum atomic E-state index is 3.83. The van der Waals surface area contributed by atoms with E-state index < -0.39 is 0 Å². The fraction of sp³-hybridized carbons (Fsp3) is 0.765. The molecular weight excluding hydrogens is 264 g/mol. The quantitative estimate of drug-likeness (QED) is 0.856. The highest BCUT2D eigenvalue weighted by Crippen LogP contribution is 2.27. The molecule has 0 saturated carbocycles. The van der Waals surface area contributed by atoms with Gasteiger partial charge in [-0.05, 0) is 56.8 Å². The second kappa shape index (κ2) is 7.58. The minimum Gasteiger partial charge on any atom is -0.313 e. The van der Waals surface area contributed by atoms with Crippen molar-refractivity contribution in [3.63, 3.8) is 0 Å². The van der Waals surface area contributed by atoms with Crippen molar-refractivity contribution in [3.05, 3.63) is 22.4 Å². The molecule has 0 spiro atoms. The maximum Gasteiger partial charge on any atom is 0.0115 e. The first-order valence-electron chi connectivity index (χ1n) is 8.11. The SMILES string of the molecule is CCCN1CCCC(NCC(C)(C)c2cccs2)CC1. The van der Waals surface area contributed by atoms with E-state index in [1.165, 1.54) is 50.2 Å². The van der Waals surface area contributed by atoms with E-state index in [4.69, 9.17) is 0 Å². The Morgan fingerprint density at radius 3 is 2.90 bits per heavy atom. The third kappa shape index (κ3) is 4.57. The number of hydrogen-bond donors (Lipinski definition) is 1. The van der Waals surface area contributed by atoms with Crippen molar-refractivity contribution < 1.29 is 0 Å². The van der Waals surface area contributed by atoms with Crippen molar-refractivity contribution in [2.45, 2.75) is 57.9 Å². The number of nitrogens with zero attached hydrogens (tertiary/aromatic N) is 1. The molecule has 114 valence electrons. The molecule has 1 aromatic heterocycles. The predicted molar refractivity (Wildman–Crippen MR) is 89.7 cm³/mol. The van der Waals surface area contributed by atoms with Crippen LogP contribution < -0.4 is 5.32 Å². The van der Waals surface area contributed by atoms with Crippen LogP contribution in [0.25, 0.3) is 0 Å². The number of nitrogens with one attached hydrogen (secondary N) is 1. The van der Waals surface area contributed by atoms with Crippen LogP contribution in [0.3, 0.4) is 0 Å². The highest BCUT2D eigenvalue weighted by Gasteiger charge is 2.24. The molecule has 20 heavy (non-hydrogen) atoms. The van der Waals surface area contributed by atoms with E-state index in [0.29, 0.717) is 6.04 Å². The molecule has 0 aliphatic carbocycles. The summed E-state index contributed by atoms with van der Waals surface area (Å²) in [6.07, 6.45) is 5.27. The summed E-state index contributed by atoms with van der Waals surface area (Å²) < 4.78 is 0. The molecule has 3 heteroatoms. The van der Waals surface area contributed by atoms with Gasteiger partial charge in [0.1, 0.15) is 0 Å². The van der Waals surface area contributed by atoms with Crippen LogP contribution in [0.2, 0.25) is 0 Å². The van der Waals surface area contributed by atoms with Crippen LogP contribution in [-0.4, -0.2) is 37.1 Å². The molecule has 1 saturated heterocycles. The van der Waals surface area contributed by atoms with Crippen LogP contribution in [-0.2, 0) is 5.41 Å². The van der Waals surface area contributed by atoms with Crippen molar-refractivity contribution in [3.8, 4) is 0 Å². The summed E-state index contributed by atoms with van der Waals surface area (Å²) >= 11 is 1.88. The van der Waals surface area contributed by atoms with Gasteiger partial charge in [0, 0.05) is 22.9 Å². The van der Waals surface area contributed by atoms with Crippen molar-refractivity contribution >= 4 is 11.3 Å². The van der Waals surface area contributed by atoms with Gasteiger partial charge in [-0.25, -0.2) is 0 Å². The van der Waals surface area contributed by atoms with Gasteiger partial charge in [0.05, 0.1) is 0 Å². The van der Waals surface area contributed by atoms with Gasteiger partial charge in [0.2, 0.25) is 0 Å². The van der Waals surface area contributed by atoms with Gasteiger partial charge in [-0.3, -0.25) is 0 Å². The van der Waals surface area contributed by atoms with Gasteiger partial charge in [0.15, 0.2) is 0 Å². The lowest BCUT2D eigenvalue weighted by molar-refractivity contribution is 0.281. The standard InChI is InChI=1S/C17H30N2S/c1-4-10-19-11-5-7-15(9-12-19)18-14-17(2,3)16-8-6-13-20-16/h6,8,13,15,18H,4-5,7,9-12,14H2,1-3H3. The van der Waals surface area contributed by atoms with Gasteiger partial charge in [-0.2, -0.15) is 0 Å². The minimum absolute atomic E-state index is 0.254. The molecule has 1 atom stereocenters. The Morgan fingerprint density at radius 2 is 2.20 bits per heavy atom. The first-order chi connectivity index (χ1) is 9.62. The average molecular weight is 295 g/mol. The van der Waals surface area contributed by atoms with E-state index in [1.54, 1.807) is 0 Å². The average Bonchev–Trinajstić information content (AvgIpc) is 2.87. The summed E-state index contributed by atoms with van der Waals surface area (Å²) in [7, 11) is 0. The van der Waals surface area contributed by atoms with E-state index in [1.807, 2.05) is 11.3 Å². The molecule has 1 N–H and O–H groups in total. The first kappa shape index (κ1) is 16.0. The molecule has 2 rings (SSSR count). The van der Waals surface area contributed by atoms with Crippen LogP contribution in [0, 0.1) is 0 Å². The fourth-order valence-corrected chi connectivity index (χ4v) is 3.90. The second-order valence-corrected chi connectivity index (χ2v) is 7.66. The highest BCUT2D eigenvalue weighted by atomic mass is 32.1. The van der Waals surface area contributed by atoms with Crippen LogP contribution in [0.4, 0.5) is 0 Å². The van der Waals surface area contributed by atoms with Gasteiger partial charge in [-0.15, -0.1) is 11.3 Å². The summed E-state index contributed by atoms with van der Waals surface area (Å²) in [4.78, 5) is 4.12. The molecule has 0 bridgehead atoms. The number of likely N-dealkylation sites (tertiary alicyclic amines) is 1. The van der Waals surface area contributed by atoms with E-state index in [2.05, 4.69) is 48.5 Å².